The number of thiol groups is 1. The van der Waals surface area contributed by atoms with E-state index in [1.807, 2.05) is 0 Å². The number of carboxylic acid groups (broad SMARTS) is 1. The first-order valence-corrected chi connectivity index (χ1v) is 5.26. The van der Waals surface area contributed by atoms with E-state index in [9.17, 15) is 9.59 Å². The van der Waals surface area contributed by atoms with Crippen molar-refractivity contribution in [2.24, 2.45) is 5.92 Å². The number of methoxy groups -OCH3 is 1. The van der Waals surface area contributed by atoms with Gasteiger partial charge in [-0.1, -0.05) is 6.92 Å². The Kier molecular flexibility index (Phi) is 7.15. The molecule has 0 saturated heterocycles. The molecule has 6 heteroatoms. The van der Waals surface area contributed by atoms with Crippen LogP contribution >= 0.6 is 12.6 Å². The Morgan fingerprint density at radius 2 is 2.13 bits per heavy atom. The zero-order valence-corrected chi connectivity index (χ0v) is 9.87. The number of nitrogens with zero attached hydrogens (tertiary/aromatic N) is 1. The molecule has 0 fully saturated rings. The van der Waals surface area contributed by atoms with E-state index < -0.39 is 5.97 Å². The molecule has 1 atom stereocenters. The number of hydrogen-bond donors (Lipinski definition) is 2. The Labute approximate surface area is 94.8 Å². The molecule has 0 spiro atoms. The van der Waals surface area contributed by atoms with Crippen molar-refractivity contribution >= 4 is 24.5 Å². The minimum absolute atomic E-state index is 0.204. The molecule has 5 nitrogen and oxygen atoms in total. The zero-order valence-electron chi connectivity index (χ0n) is 8.97. The lowest BCUT2D eigenvalue weighted by Gasteiger charge is -2.23. The predicted octanol–water partition coefficient (Wildman–Crippen LogP) is 0.112. The Hall–Kier alpha value is -0.750. The van der Waals surface area contributed by atoms with Gasteiger partial charge in [0.15, 0.2) is 0 Å². The maximum Gasteiger partial charge on any atom is 0.323 e. The van der Waals surface area contributed by atoms with E-state index in [1.165, 1.54) is 12.0 Å². The second kappa shape index (κ2) is 7.53. The van der Waals surface area contributed by atoms with Crippen LogP contribution in [0.25, 0.3) is 0 Å². The van der Waals surface area contributed by atoms with Gasteiger partial charge in [0.2, 0.25) is 5.91 Å². The summed E-state index contributed by atoms with van der Waals surface area (Å²) in [6.45, 7) is 2.05. The Morgan fingerprint density at radius 3 is 2.53 bits per heavy atom. The van der Waals surface area contributed by atoms with Crippen molar-refractivity contribution in [1.29, 1.82) is 0 Å². The lowest BCUT2D eigenvalue weighted by atomic mass is 10.2. The molecule has 1 N–H and O–H groups in total. The summed E-state index contributed by atoms with van der Waals surface area (Å²) in [7, 11) is 1.51. The summed E-state index contributed by atoms with van der Waals surface area (Å²) in [5.74, 6) is -1.10. The van der Waals surface area contributed by atoms with E-state index in [4.69, 9.17) is 9.84 Å². The van der Waals surface area contributed by atoms with Gasteiger partial charge in [0.05, 0.1) is 6.61 Å². The summed E-state index contributed by atoms with van der Waals surface area (Å²) >= 11 is 4.00. The highest BCUT2D eigenvalue weighted by atomic mass is 32.1. The molecule has 15 heavy (non-hydrogen) atoms. The fourth-order valence-electron chi connectivity index (χ4n) is 1.02. The number of aliphatic carboxylic acids is 1. The summed E-state index contributed by atoms with van der Waals surface area (Å²) in [5, 5.41) is 8.63. The van der Waals surface area contributed by atoms with Crippen LogP contribution in [0.2, 0.25) is 0 Å². The van der Waals surface area contributed by atoms with Gasteiger partial charge in [0.1, 0.15) is 6.54 Å². The standard InChI is InChI=1S/C9H17NO4S/c1-7(6-15)9(13)10(3-4-14-2)5-8(11)12/h7,15H,3-6H2,1-2H3,(H,11,12). The third kappa shape index (κ3) is 5.64. The van der Waals surface area contributed by atoms with Crippen molar-refractivity contribution in [3.63, 3.8) is 0 Å². The zero-order chi connectivity index (χ0) is 11.8. The maximum absolute atomic E-state index is 11.7. The molecule has 0 heterocycles. The lowest BCUT2D eigenvalue weighted by molar-refractivity contribution is -0.146. The first-order valence-electron chi connectivity index (χ1n) is 4.63. The molecule has 0 aromatic carbocycles. The van der Waals surface area contributed by atoms with Crippen molar-refractivity contribution in [2.75, 3.05) is 32.6 Å². The maximum atomic E-state index is 11.7. The van der Waals surface area contributed by atoms with Crippen molar-refractivity contribution in [3.8, 4) is 0 Å². The predicted molar refractivity (Wildman–Crippen MR) is 59.1 cm³/mol. The van der Waals surface area contributed by atoms with Crippen molar-refractivity contribution in [2.45, 2.75) is 6.92 Å². The summed E-state index contributed by atoms with van der Waals surface area (Å²) in [5.41, 5.74) is 0. The third-order valence-corrected chi connectivity index (χ3v) is 2.45. The molecule has 0 aliphatic carbocycles. The molecule has 0 radical (unpaired) electrons. The molecule has 0 bridgehead atoms. The number of amides is 1. The molecular formula is C9H17NO4S. The van der Waals surface area contributed by atoms with E-state index in [-0.39, 0.29) is 18.4 Å². The van der Waals surface area contributed by atoms with E-state index in [1.54, 1.807) is 6.92 Å². The average molecular weight is 235 g/mol. The molecule has 0 aromatic rings. The van der Waals surface area contributed by atoms with Gasteiger partial charge < -0.3 is 14.7 Å². The molecule has 0 saturated carbocycles. The number of carboxylic acids is 1. The number of hydrogen-bond acceptors (Lipinski definition) is 4. The fraction of sp³-hybridized carbons (Fsp3) is 0.778. The fourth-order valence-corrected chi connectivity index (χ4v) is 1.18. The van der Waals surface area contributed by atoms with Gasteiger partial charge in [-0.25, -0.2) is 0 Å². The molecule has 0 aliphatic heterocycles. The van der Waals surface area contributed by atoms with Gasteiger partial charge in [-0.05, 0) is 0 Å². The van der Waals surface area contributed by atoms with Crippen molar-refractivity contribution < 1.29 is 19.4 Å². The highest BCUT2D eigenvalue weighted by Crippen LogP contribution is 2.04. The quantitative estimate of drug-likeness (QED) is 0.615. The van der Waals surface area contributed by atoms with Gasteiger partial charge in [0, 0.05) is 25.3 Å². The summed E-state index contributed by atoms with van der Waals surface area (Å²) in [6, 6.07) is 0. The molecule has 88 valence electrons. The monoisotopic (exact) mass is 235 g/mol. The number of carbonyl (C=O) groups excluding carboxylic acids is 1. The average Bonchev–Trinajstić information content (AvgIpc) is 2.21. The second-order valence-electron chi connectivity index (χ2n) is 3.23. The van der Waals surface area contributed by atoms with Crippen LogP contribution in [0.3, 0.4) is 0 Å². The Morgan fingerprint density at radius 1 is 1.53 bits per heavy atom. The van der Waals surface area contributed by atoms with Gasteiger partial charge in [-0.2, -0.15) is 12.6 Å². The SMILES string of the molecule is COCCN(CC(=O)O)C(=O)C(C)CS. The first kappa shape index (κ1) is 14.2. The molecule has 1 unspecified atom stereocenters. The Balaban J connectivity index is 4.32. The van der Waals surface area contributed by atoms with Crippen LogP contribution in [0, 0.1) is 5.92 Å². The van der Waals surface area contributed by atoms with Crippen LogP contribution in [-0.2, 0) is 14.3 Å². The van der Waals surface area contributed by atoms with Crippen molar-refractivity contribution in [3.05, 3.63) is 0 Å². The summed E-state index contributed by atoms with van der Waals surface area (Å²) < 4.78 is 4.81. The topological polar surface area (TPSA) is 66.8 Å². The van der Waals surface area contributed by atoms with Gasteiger partial charge in [0.25, 0.3) is 0 Å². The van der Waals surface area contributed by atoms with E-state index in [2.05, 4.69) is 12.6 Å². The normalized spacial score (nSPS) is 12.2. The van der Waals surface area contributed by atoms with E-state index in [0.29, 0.717) is 18.9 Å². The highest BCUT2D eigenvalue weighted by Gasteiger charge is 2.20. The minimum atomic E-state index is -1.02. The van der Waals surface area contributed by atoms with Crippen LogP contribution < -0.4 is 0 Å². The van der Waals surface area contributed by atoms with Crippen LogP contribution in [0.5, 0.6) is 0 Å². The summed E-state index contributed by atoms with van der Waals surface area (Å²) in [6.07, 6.45) is 0. The number of ether oxygens (including phenoxy) is 1. The molecular weight excluding hydrogens is 218 g/mol. The van der Waals surface area contributed by atoms with Gasteiger partial charge in [-0.15, -0.1) is 0 Å². The first-order chi connectivity index (χ1) is 7.02. The molecule has 0 aliphatic rings. The van der Waals surface area contributed by atoms with Crippen LogP contribution in [-0.4, -0.2) is 54.4 Å². The van der Waals surface area contributed by atoms with Crippen LogP contribution in [0.4, 0.5) is 0 Å². The second-order valence-corrected chi connectivity index (χ2v) is 3.60. The molecule has 1 amide bonds. The molecule has 0 rings (SSSR count). The Bertz CT molecular complexity index is 222. The van der Waals surface area contributed by atoms with Crippen molar-refractivity contribution in [1.82, 2.24) is 4.90 Å². The summed E-state index contributed by atoms with van der Waals surface area (Å²) in [4.78, 5) is 23.5. The number of carbonyl (C=O) groups is 2. The van der Waals surface area contributed by atoms with E-state index >= 15 is 0 Å². The largest absolute Gasteiger partial charge is 0.480 e. The number of rotatable bonds is 7. The van der Waals surface area contributed by atoms with E-state index in [0.717, 1.165) is 0 Å². The lowest BCUT2D eigenvalue weighted by Crippen LogP contribution is -2.41. The third-order valence-electron chi connectivity index (χ3n) is 1.90. The highest BCUT2D eigenvalue weighted by molar-refractivity contribution is 7.80. The van der Waals surface area contributed by atoms with Gasteiger partial charge >= 0.3 is 5.97 Å². The van der Waals surface area contributed by atoms with Crippen LogP contribution in [0.1, 0.15) is 6.92 Å². The minimum Gasteiger partial charge on any atom is -0.480 e. The smallest absolute Gasteiger partial charge is 0.323 e. The van der Waals surface area contributed by atoms with Gasteiger partial charge in [-0.3, -0.25) is 9.59 Å². The molecule has 0 aromatic heterocycles. The van der Waals surface area contributed by atoms with Crippen LogP contribution in [0.15, 0.2) is 0 Å².